The molecule has 1 aromatic carbocycles. The fourth-order valence-electron chi connectivity index (χ4n) is 2.66. The van der Waals surface area contributed by atoms with Crippen molar-refractivity contribution < 1.29 is 9.18 Å². The van der Waals surface area contributed by atoms with Gasteiger partial charge >= 0.3 is 0 Å². The lowest BCUT2D eigenvalue weighted by Gasteiger charge is -2.12. The summed E-state index contributed by atoms with van der Waals surface area (Å²) >= 11 is 1.55. The molecule has 0 N–H and O–H groups in total. The number of aryl methyl sites for hydroxylation is 1. The van der Waals surface area contributed by atoms with E-state index in [0.29, 0.717) is 12.1 Å². The molecule has 0 amide bonds. The zero-order valence-electron chi connectivity index (χ0n) is 14.5. The monoisotopic (exact) mass is 357 g/mol. The number of aromatic nitrogens is 2. The number of carbonyl (C=O) groups is 1. The van der Waals surface area contributed by atoms with E-state index in [-0.39, 0.29) is 11.3 Å². The van der Waals surface area contributed by atoms with Gasteiger partial charge in [0, 0.05) is 17.3 Å². The van der Waals surface area contributed by atoms with Gasteiger partial charge in [-0.1, -0.05) is 19.1 Å². The molecule has 3 rings (SSSR count). The van der Waals surface area contributed by atoms with Crippen LogP contribution in [0.2, 0.25) is 0 Å². The fraction of sp³-hybridized carbons (Fsp3) is 0.263. The van der Waals surface area contributed by atoms with Crippen molar-refractivity contribution in [1.29, 1.82) is 0 Å². The minimum Gasteiger partial charge on any atom is -0.302 e. The molecule has 2 aromatic heterocycles. The lowest BCUT2D eigenvalue weighted by Crippen LogP contribution is -2.15. The predicted molar refractivity (Wildman–Crippen MR) is 98.0 cm³/mol. The van der Waals surface area contributed by atoms with Crippen molar-refractivity contribution in [2.75, 3.05) is 14.1 Å². The van der Waals surface area contributed by atoms with E-state index in [4.69, 9.17) is 0 Å². The van der Waals surface area contributed by atoms with Crippen LogP contribution in [-0.4, -0.2) is 34.3 Å². The van der Waals surface area contributed by atoms with Gasteiger partial charge in [-0.15, -0.1) is 11.3 Å². The first-order valence-corrected chi connectivity index (χ1v) is 8.92. The third-order valence-electron chi connectivity index (χ3n) is 3.87. The Bertz CT molecular complexity index is 898. The molecule has 0 aliphatic heterocycles. The van der Waals surface area contributed by atoms with E-state index in [0.717, 1.165) is 22.1 Å². The Kier molecular flexibility index (Phi) is 5.11. The summed E-state index contributed by atoms with van der Waals surface area (Å²) in [5, 5.41) is 0.791. The van der Waals surface area contributed by atoms with Crippen LogP contribution in [0.5, 0.6) is 0 Å². The smallest absolute Gasteiger partial charge is 0.198 e. The number of thiophene rings is 1. The molecule has 2 heterocycles. The average Bonchev–Trinajstić information content (AvgIpc) is 3.20. The van der Waals surface area contributed by atoms with Crippen molar-refractivity contribution in [1.82, 2.24) is 14.5 Å². The lowest BCUT2D eigenvalue weighted by atomic mass is 10.0. The minimum absolute atomic E-state index is 0.0958. The molecule has 0 radical (unpaired) electrons. The fourth-order valence-corrected chi connectivity index (χ4v) is 3.75. The molecular weight excluding hydrogens is 337 g/mol. The summed E-state index contributed by atoms with van der Waals surface area (Å²) in [5.41, 5.74) is 0.614. The van der Waals surface area contributed by atoms with E-state index >= 15 is 0 Å². The average molecular weight is 357 g/mol. The number of benzene rings is 1. The van der Waals surface area contributed by atoms with Crippen LogP contribution in [0, 0.1) is 5.82 Å². The van der Waals surface area contributed by atoms with Crippen LogP contribution in [0.4, 0.5) is 4.39 Å². The van der Waals surface area contributed by atoms with Gasteiger partial charge < -0.3 is 4.90 Å². The van der Waals surface area contributed by atoms with Crippen molar-refractivity contribution in [2.45, 2.75) is 19.9 Å². The Labute approximate surface area is 150 Å². The van der Waals surface area contributed by atoms with E-state index in [1.165, 1.54) is 12.1 Å². The van der Waals surface area contributed by atoms with Crippen LogP contribution >= 0.6 is 11.3 Å². The Hall–Kier alpha value is -2.31. The molecule has 0 spiro atoms. The van der Waals surface area contributed by atoms with Crippen LogP contribution in [0.15, 0.2) is 42.7 Å². The van der Waals surface area contributed by atoms with Crippen molar-refractivity contribution in [2.24, 2.45) is 0 Å². The minimum atomic E-state index is -0.498. The highest BCUT2D eigenvalue weighted by atomic mass is 32.1. The van der Waals surface area contributed by atoms with Gasteiger partial charge in [-0.2, -0.15) is 0 Å². The number of carbonyl (C=O) groups excluding carboxylic acids is 1. The van der Waals surface area contributed by atoms with Gasteiger partial charge in [0.15, 0.2) is 5.78 Å². The molecule has 0 saturated carbocycles. The van der Waals surface area contributed by atoms with Crippen LogP contribution in [0.1, 0.15) is 33.5 Å². The number of ketones is 1. The largest absolute Gasteiger partial charge is 0.302 e. The molecule has 6 heteroatoms. The molecule has 0 fully saturated rings. The molecule has 0 aliphatic carbocycles. The van der Waals surface area contributed by atoms with Crippen molar-refractivity contribution >= 4 is 17.1 Å². The molecule has 0 bridgehead atoms. The topological polar surface area (TPSA) is 38.1 Å². The summed E-state index contributed by atoms with van der Waals surface area (Å²) in [6.45, 7) is 2.70. The highest BCUT2D eigenvalue weighted by Crippen LogP contribution is 2.30. The van der Waals surface area contributed by atoms with E-state index in [1.807, 2.05) is 42.7 Å². The lowest BCUT2D eigenvalue weighted by molar-refractivity contribution is 0.103. The molecule has 25 heavy (non-hydrogen) atoms. The summed E-state index contributed by atoms with van der Waals surface area (Å²) in [6, 6.07) is 7.98. The molecule has 130 valence electrons. The highest BCUT2D eigenvalue weighted by Gasteiger charge is 2.22. The molecule has 0 saturated heterocycles. The molecule has 4 nitrogen and oxygen atoms in total. The summed E-state index contributed by atoms with van der Waals surface area (Å²) < 4.78 is 16.0. The first-order chi connectivity index (χ1) is 12.0. The number of rotatable bonds is 6. The third-order valence-corrected chi connectivity index (χ3v) is 5.15. The van der Waals surface area contributed by atoms with E-state index in [2.05, 4.69) is 4.98 Å². The number of nitrogens with zero attached hydrogens (tertiary/aromatic N) is 3. The Balaban J connectivity index is 2.10. The zero-order valence-corrected chi connectivity index (χ0v) is 15.3. The second kappa shape index (κ2) is 7.29. The van der Waals surface area contributed by atoms with Gasteiger partial charge in [-0.25, -0.2) is 9.37 Å². The maximum absolute atomic E-state index is 14.1. The number of halogens is 1. The van der Waals surface area contributed by atoms with Gasteiger partial charge in [0.2, 0.25) is 0 Å². The maximum Gasteiger partial charge on any atom is 0.198 e. The number of hydrogen-bond acceptors (Lipinski definition) is 4. The standard InChI is InChI=1S/C19H20FN3OS/c1-4-13-11-15(18(24)14-7-5-6-8-16(14)20)19(25-13)23-10-9-21-17(23)12-22(2)3/h5-11H,4,12H2,1-3H3. The third kappa shape index (κ3) is 3.55. The first-order valence-electron chi connectivity index (χ1n) is 8.10. The molecular formula is C19H20FN3OS. The van der Waals surface area contributed by atoms with Crippen molar-refractivity contribution in [3.63, 3.8) is 0 Å². The second-order valence-electron chi connectivity index (χ2n) is 6.05. The van der Waals surface area contributed by atoms with Gasteiger partial charge in [-0.05, 0) is 38.7 Å². The number of imidazole rings is 1. The van der Waals surface area contributed by atoms with E-state index < -0.39 is 5.82 Å². The summed E-state index contributed by atoms with van der Waals surface area (Å²) in [7, 11) is 3.94. The zero-order chi connectivity index (χ0) is 18.0. The normalized spacial score (nSPS) is 11.2. The maximum atomic E-state index is 14.1. The summed E-state index contributed by atoms with van der Waals surface area (Å²) in [6.07, 6.45) is 4.39. The van der Waals surface area contributed by atoms with Crippen LogP contribution in [0.3, 0.4) is 0 Å². The SMILES string of the molecule is CCc1cc(C(=O)c2ccccc2F)c(-n2ccnc2CN(C)C)s1. The Morgan fingerprint density at radius 3 is 2.72 bits per heavy atom. The summed E-state index contributed by atoms with van der Waals surface area (Å²) in [4.78, 5) is 20.5. The highest BCUT2D eigenvalue weighted by molar-refractivity contribution is 7.15. The van der Waals surface area contributed by atoms with E-state index in [1.54, 1.807) is 29.7 Å². The van der Waals surface area contributed by atoms with Crippen molar-refractivity contribution in [3.8, 4) is 5.00 Å². The predicted octanol–water partition coefficient (Wildman–Crippen LogP) is 3.93. The van der Waals surface area contributed by atoms with E-state index in [9.17, 15) is 9.18 Å². The number of hydrogen-bond donors (Lipinski definition) is 0. The van der Waals surface area contributed by atoms with Gasteiger partial charge in [0.05, 0.1) is 17.7 Å². The first kappa shape index (κ1) is 17.5. The van der Waals surface area contributed by atoms with Gasteiger partial charge in [-0.3, -0.25) is 9.36 Å². The quantitative estimate of drug-likeness (QED) is 0.628. The Morgan fingerprint density at radius 2 is 2.04 bits per heavy atom. The molecule has 0 atom stereocenters. The van der Waals surface area contributed by atoms with Crippen molar-refractivity contribution in [3.05, 3.63) is 70.4 Å². The second-order valence-corrected chi connectivity index (χ2v) is 7.16. The molecule has 3 aromatic rings. The van der Waals surface area contributed by atoms with Gasteiger partial charge in [0.1, 0.15) is 16.6 Å². The Morgan fingerprint density at radius 1 is 1.28 bits per heavy atom. The van der Waals surface area contributed by atoms with Crippen LogP contribution in [-0.2, 0) is 13.0 Å². The summed E-state index contributed by atoms with van der Waals surface area (Å²) in [5.74, 6) is 0.0486. The molecule has 0 unspecified atom stereocenters. The van der Waals surface area contributed by atoms with Gasteiger partial charge in [0.25, 0.3) is 0 Å². The molecule has 0 aliphatic rings. The van der Waals surface area contributed by atoms with Crippen LogP contribution < -0.4 is 0 Å². The van der Waals surface area contributed by atoms with Crippen LogP contribution in [0.25, 0.3) is 5.00 Å².